The number of carbonyl (C=O) groups excluding carboxylic acids is 3. The van der Waals surface area contributed by atoms with Gasteiger partial charge in [-0.15, -0.1) is 11.3 Å². The Morgan fingerprint density at radius 1 is 0.938 bits per heavy atom. The first-order chi connectivity index (χ1) is 15.5. The number of piperazine rings is 1. The molecule has 2 aliphatic heterocycles. The highest BCUT2D eigenvalue weighted by atomic mass is 32.1. The third-order valence-electron chi connectivity index (χ3n) is 5.82. The summed E-state index contributed by atoms with van der Waals surface area (Å²) < 4.78 is 0. The molecule has 4 rings (SSSR count). The number of amides is 3. The van der Waals surface area contributed by atoms with Crippen molar-refractivity contribution >= 4 is 40.4 Å². The molecule has 8 nitrogen and oxygen atoms in total. The zero-order valence-corrected chi connectivity index (χ0v) is 19.1. The molecule has 2 aliphatic rings. The number of carbonyl (C=O) groups is 3. The highest BCUT2D eigenvalue weighted by Gasteiger charge is 2.25. The van der Waals surface area contributed by atoms with Crippen LogP contribution in [0.5, 0.6) is 0 Å². The summed E-state index contributed by atoms with van der Waals surface area (Å²) in [4.78, 5) is 44.2. The second kappa shape index (κ2) is 10.1. The van der Waals surface area contributed by atoms with Crippen molar-refractivity contribution in [2.45, 2.75) is 13.3 Å². The predicted molar refractivity (Wildman–Crippen MR) is 127 cm³/mol. The number of nitrogens with one attached hydrogen (secondary N) is 2. The van der Waals surface area contributed by atoms with Crippen LogP contribution in [0, 0.1) is 0 Å². The van der Waals surface area contributed by atoms with Gasteiger partial charge in [0.25, 0.3) is 11.8 Å². The minimum Gasteiger partial charge on any atom is -0.366 e. The maximum atomic E-state index is 13.0. The molecule has 170 valence electrons. The number of hydrogen-bond donors (Lipinski definition) is 2. The molecular formula is C23H29N5O3S. The molecule has 0 unspecified atom stereocenters. The first-order valence-corrected chi connectivity index (χ1v) is 11.9. The van der Waals surface area contributed by atoms with Crippen LogP contribution >= 0.6 is 11.3 Å². The van der Waals surface area contributed by atoms with Gasteiger partial charge in [-0.25, -0.2) is 0 Å². The molecule has 0 saturated carbocycles. The average Bonchev–Trinajstić information content (AvgIpc) is 3.20. The molecule has 2 N–H and O–H groups in total. The van der Waals surface area contributed by atoms with Crippen LogP contribution in [0.2, 0.25) is 0 Å². The van der Waals surface area contributed by atoms with Crippen LogP contribution in [0.25, 0.3) is 0 Å². The molecule has 32 heavy (non-hydrogen) atoms. The molecule has 0 bridgehead atoms. The molecule has 0 radical (unpaired) electrons. The Morgan fingerprint density at radius 3 is 2.44 bits per heavy atom. The number of rotatable bonds is 4. The van der Waals surface area contributed by atoms with Crippen LogP contribution in [-0.4, -0.2) is 79.9 Å². The van der Waals surface area contributed by atoms with Crippen LogP contribution in [-0.2, 0) is 4.79 Å². The van der Waals surface area contributed by atoms with Gasteiger partial charge in [-0.2, -0.15) is 0 Å². The molecule has 3 heterocycles. The summed E-state index contributed by atoms with van der Waals surface area (Å²) in [7, 11) is 0. The molecule has 2 aromatic rings. The van der Waals surface area contributed by atoms with E-state index in [0.717, 1.165) is 36.6 Å². The highest BCUT2D eigenvalue weighted by molar-refractivity contribution is 7.12. The predicted octanol–water partition coefficient (Wildman–Crippen LogP) is 2.10. The van der Waals surface area contributed by atoms with Gasteiger partial charge in [0.1, 0.15) is 0 Å². The molecule has 0 spiro atoms. The van der Waals surface area contributed by atoms with E-state index in [4.69, 9.17) is 0 Å². The Morgan fingerprint density at radius 2 is 1.72 bits per heavy atom. The fraction of sp³-hybridized carbons (Fsp3) is 0.435. The quantitative estimate of drug-likeness (QED) is 0.738. The largest absolute Gasteiger partial charge is 0.366 e. The molecule has 3 amide bonds. The topological polar surface area (TPSA) is 85.0 Å². The summed E-state index contributed by atoms with van der Waals surface area (Å²) >= 11 is 1.46. The standard InChI is InChI=1S/C23H29N5O3S/c1-17(29)25-19-16-18(22(30)27-9-3-7-24-8-10-27)5-6-20(19)26-11-13-28(14-12-26)23(31)21-4-2-15-32-21/h2,4-6,15-16,24H,3,7-14H2,1H3,(H,25,29). The lowest BCUT2D eigenvalue weighted by molar-refractivity contribution is -0.114. The minimum atomic E-state index is -0.179. The second-order valence-corrected chi connectivity index (χ2v) is 9.01. The van der Waals surface area contributed by atoms with Gasteiger partial charge in [-0.1, -0.05) is 6.07 Å². The van der Waals surface area contributed by atoms with Crippen molar-refractivity contribution in [1.29, 1.82) is 0 Å². The lowest BCUT2D eigenvalue weighted by Gasteiger charge is -2.37. The maximum Gasteiger partial charge on any atom is 0.264 e. The van der Waals surface area contributed by atoms with Gasteiger partial charge in [0.2, 0.25) is 5.91 Å². The first kappa shape index (κ1) is 22.3. The van der Waals surface area contributed by atoms with E-state index in [0.29, 0.717) is 44.0 Å². The number of benzene rings is 1. The first-order valence-electron chi connectivity index (χ1n) is 11.0. The van der Waals surface area contributed by atoms with Gasteiger partial charge in [0, 0.05) is 58.3 Å². The van der Waals surface area contributed by atoms with Crippen molar-refractivity contribution < 1.29 is 14.4 Å². The highest BCUT2D eigenvalue weighted by Crippen LogP contribution is 2.29. The monoisotopic (exact) mass is 455 g/mol. The Hall–Kier alpha value is -2.91. The van der Waals surface area contributed by atoms with E-state index in [1.807, 2.05) is 39.4 Å². The van der Waals surface area contributed by atoms with E-state index >= 15 is 0 Å². The number of thiophene rings is 1. The number of anilines is 2. The average molecular weight is 456 g/mol. The van der Waals surface area contributed by atoms with Crippen molar-refractivity contribution in [3.05, 3.63) is 46.2 Å². The minimum absolute atomic E-state index is 0.0155. The summed E-state index contributed by atoms with van der Waals surface area (Å²) in [6.07, 6.45) is 0.927. The second-order valence-electron chi connectivity index (χ2n) is 8.07. The summed E-state index contributed by atoms with van der Waals surface area (Å²) in [6, 6.07) is 9.26. The molecule has 1 aromatic carbocycles. The van der Waals surface area contributed by atoms with Crippen LogP contribution in [0.1, 0.15) is 33.4 Å². The Kier molecular flexibility index (Phi) is 7.06. The summed E-state index contributed by atoms with van der Waals surface area (Å²) in [5, 5.41) is 8.11. The van der Waals surface area contributed by atoms with E-state index in [2.05, 4.69) is 15.5 Å². The third-order valence-corrected chi connectivity index (χ3v) is 6.68. The van der Waals surface area contributed by atoms with Gasteiger partial charge in [0.05, 0.1) is 16.3 Å². The Bertz CT molecular complexity index is 962. The number of hydrogen-bond acceptors (Lipinski definition) is 6. The molecule has 1 aromatic heterocycles. The van der Waals surface area contributed by atoms with E-state index in [1.165, 1.54) is 18.3 Å². The number of nitrogens with zero attached hydrogens (tertiary/aromatic N) is 3. The van der Waals surface area contributed by atoms with Gasteiger partial charge in [0.15, 0.2) is 0 Å². The lowest BCUT2D eigenvalue weighted by Crippen LogP contribution is -2.48. The van der Waals surface area contributed by atoms with E-state index in [9.17, 15) is 14.4 Å². The van der Waals surface area contributed by atoms with Crippen molar-refractivity contribution in [3.8, 4) is 0 Å². The normalized spacial score (nSPS) is 17.1. The van der Waals surface area contributed by atoms with Gasteiger partial charge in [-0.05, 0) is 42.6 Å². The summed E-state index contributed by atoms with van der Waals surface area (Å²) in [5.74, 6) is -0.130. The summed E-state index contributed by atoms with van der Waals surface area (Å²) in [5.41, 5.74) is 2.08. The van der Waals surface area contributed by atoms with Crippen molar-refractivity contribution in [2.24, 2.45) is 0 Å². The van der Waals surface area contributed by atoms with Crippen LogP contribution < -0.4 is 15.5 Å². The molecule has 0 atom stereocenters. The Labute approximate surface area is 192 Å². The molecule has 9 heteroatoms. The van der Waals surface area contributed by atoms with E-state index in [1.54, 1.807) is 6.07 Å². The molecule has 2 fully saturated rings. The fourth-order valence-corrected chi connectivity index (χ4v) is 4.86. The van der Waals surface area contributed by atoms with Gasteiger partial charge in [-0.3, -0.25) is 14.4 Å². The molecule has 0 aliphatic carbocycles. The molecular weight excluding hydrogens is 426 g/mol. The Balaban J connectivity index is 1.49. The van der Waals surface area contributed by atoms with Crippen LogP contribution in [0.3, 0.4) is 0 Å². The van der Waals surface area contributed by atoms with Crippen LogP contribution in [0.4, 0.5) is 11.4 Å². The van der Waals surface area contributed by atoms with Crippen molar-refractivity contribution in [1.82, 2.24) is 15.1 Å². The van der Waals surface area contributed by atoms with E-state index in [-0.39, 0.29) is 17.7 Å². The fourth-order valence-electron chi connectivity index (χ4n) is 4.17. The van der Waals surface area contributed by atoms with Crippen LogP contribution in [0.15, 0.2) is 35.7 Å². The summed E-state index contributed by atoms with van der Waals surface area (Å²) in [6.45, 7) is 7.12. The maximum absolute atomic E-state index is 13.0. The smallest absolute Gasteiger partial charge is 0.264 e. The van der Waals surface area contributed by atoms with Gasteiger partial charge < -0.3 is 25.3 Å². The van der Waals surface area contributed by atoms with Crippen molar-refractivity contribution in [2.75, 3.05) is 62.6 Å². The van der Waals surface area contributed by atoms with E-state index < -0.39 is 0 Å². The SMILES string of the molecule is CC(=O)Nc1cc(C(=O)N2CCCNCC2)ccc1N1CCN(C(=O)c2cccs2)CC1. The van der Waals surface area contributed by atoms with Crippen molar-refractivity contribution in [3.63, 3.8) is 0 Å². The molecule has 2 saturated heterocycles. The zero-order chi connectivity index (χ0) is 22.5. The third kappa shape index (κ3) is 5.11. The van der Waals surface area contributed by atoms with Gasteiger partial charge >= 0.3 is 0 Å². The lowest BCUT2D eigenvalue weighted by atomic mass is 10.1. The zero-order valence-electron chi connectivity index (χ0n) is 18.3.